The summed E-state index contributed by atoms with van der Waals surface area (Å²) < 4.78 is 0. The topological polar surface area (TPSA) is 56.3 Å². The lowest BCUT2D eigenvalue weighted by Gasteiger charge is -2.13. The van der Waals surface area contributed by atoms with Crippen LogP contribution in [-0.2, 0) is 0 Å². The second-order valence-electron chi connectivity index (χ2n) is 4.59. The summed E-state index contributed by atoms with van der Waals surface area (Å²) in [6.07, 6.45) is 0.514. The number of aromatic nitrogens is 1. The van der Waals surface area contributed by atoms with Gasteiger partial charge in [0, 0.05) is 30.0 Å². The SMILES string of the molecule is Cc1cc(C(=O)CN2CCC(O)C2)c(C)[nH]1. The monoisotopic (exact) mass is 222 g/mol. The zero-order valence-electron chi connectivity index (χ0n) is 9.79. The fourth-order valence-electron chi connectivity index (χ4n) is 2.26. The molecule has 0 radical (unpaired) electrons. The van der Waals surface area contributed by atoms with Gasteiger partial charge in [0.1, 0.15) is 0 Å². The Kier molecular flexibility index (Phi) is 3.12. The maximum absolute atomic E-state index is 12.0. The first kappa shape index (κ1) is 11.4. The minimum atomic E-state index is -0.262. The summed E-state index contributed by atoms with van der Waals surface area (Å²) in [6, 6.07) is 1.89. The Morgan fingerprint density at radius 2 is 2.38 bits per heavy atom. The second kappa shape index (κ2) is 4.39. The van der Waals surface area contributed by atoms with Crippen molar-refractivity contribution >= 4 is 5.78 Å². The van der Waals surface area contributed by atoms with Gasteiger partial charge in [-0.2, -0.15) is 0 Å². The third-order valence-corrected chi connectivity index (χ3v) is 3.06. The Balaban J connectivity index is 2.00. The highest BCUT2D eigenvalue weighted by molar-refractivity contribution is 5.98. The summed E-state index contributed by atoms with van der Waals surface area (Å²) in [6.45, 7) is 5.71. The first-order valence-electron chi connectivity index (χ1n) is 5.66. The van der Waals surface area contributed by atoms with Crippen LogP contribution in [0.5, 0.6) is 0 Å². The Morgan fingerprint density at radius 3 is 2.88 bits per heavy atom. The lowest BCUT2D eigenvalue weighted by molar-refractivity contribution is 0.0934. The van der Waals surface area contributed by atoms with E-state index >= 15 is 0 Å². The molecule has 2 heterocycles. The van der Waals surface area contributed by atoms with E-state index in [-0.39, 0.29) is 11.9 Å². The highest BCUT2D eigenvalue weighted by atomic mass is 16.3. The van der Waals surface area contributed by atoms with Gasteiger partial charge < -0.3 is 10.1 Å². The largest absolute Gasteiger partial charge is 0.392 e. The third kappa shape index (κ3) is 2.33. The van der Waals surface area contributed by atoms with E-state index in [1.165, 1.54) is 0 Å². The number of carbonyl (C=O) groups excluding carboxylic acids is 1. The Bertz CT molecular complexity index is 398. The molecule has 0 aromatic carbocycles. The van der Waals surface area contributed by atoms with E-state index in [2.05, 4.69) is 4.98 Å². The summed E-state index contributed by atoms with van der Waals surface area (Å²) in [5.74, 6) is 0.135. The first-order chi connectivity index (χ1) is 7.56. The highest BCUT2D eigenvalue weighted by Gasteiger charge is 2.23. The van der Waals surface area contributed by atoms with Crippen molar-refractivity contribution in [2.45, 2.75) is 26.4 Å². The van der Waals surface area contributed by atoms with E-state index in [1.807, 2.05) is 24.8 Å². The van der Waals surface area contributed by atoms with Gasteiger partial charge in [-0.05, 0) is 26.3 Å². The predicted octanol–water partition coefficient (Wildman–Crippen LogP) is 0.881. The van der Waals surface area contributed by atoms with Gasteiger partial charge in [-0.1, -0.05) is 0 Å². The summed E-state index contributed by atoms with van der Waals surface area (Å²) in [7, 11) is 0. The molecule has 2 N–H and O–H groups in total. The van der Waals surface area contributed by atoms with E-state index in [1.54, 1.807) is 0 Å². The summed E-state index contributed by atoms with van der Waals surface area (Å²) in [5, 5.41) is 9.38. The van der Waals surface area contributed by atoms with Crippen LogP contribution in [0, 0.1) is 13.8 Å². The van der Waals surface area contributed by atoms with Crippen LogP contribution in [0.25, 0.3) is 0 Å². The van der Waals surface area contributed by atoms with Crippen molar-refractivity contribution in [2.24, 2.45) is 0 Å². The number of H-pyrrole nitrogens is 1. The van der Waals surface area contributed by atoms with Crippen molar-refractivity contribution in [3.8, 4) is 0 Å². The van der Waals surface area contributed by atoms with Crippen molar-refractivity contribution in [1.29, 1.82) is 0 Å². The molecule has 1 fully saturated rings. The quantitative estimate of drug-likeness (QED) is 0.746. The number of hydrogen-bond acceptors (Lipinski definition) is 3. The number of hydrogen-bond donors (Lipinski definition) is 2. The smallest absolute Gasteiger partial charge is 0.178 e. The molecule has 88 valence electrons. The van der Waals surface area contributed by atoms with Crippen LogP contribution in [0.3, 0.4) is 0 Å². The van der Waals surface area contributed by atoms with E-state index in [4.69, 9.17) is 0 Å². The van der Waals surface area contributed by atoms with Gasteiger partial charge in [-0.3, -0.25) is 9.69 Å². The zero-order valence-corrected chi connectivity index (χ0v) is 9.79. The number of Topliss-reactive ketones (excluding diaryl/α,β-unsaturated/α-hetero) is 1. The highest BCUT2D eigenvalue weighted by Crippen LogP contribution is 2.13. The van der Waals surface area contributed by atoms with Crippen molar-refractivity contribution in [3.05, 3.63) is 23.0 Å². The van der Waals surface area contributed by atoms with Crippen LogP contribution in [0.15, 0.2) is 6.07 Å². The molecule has 1 aromatic rings. The molecule has 1 saturated heterocycles. The van der Waals surface area contributed by atoms with E-state index in [0.29, 0.717) is 13.1 Å². The molecular formula is C12H18N2O2. The Labute approximate surface area is 95.3 Å². The lowest BCUT2D eigenvalue weighted by atomic mass is 10.1. The standard InChI is InChI=1S/C12H18N2O2/c1-8-5-11(9(2)13-8)12(16)7-14-4-3-10(15)6-14/h5,10,13,15H,3-4,6-7H2,1-2H3. The van der Waals surface area contributed by atoms with Gasteiger partial charge in [-0.25, -0.2) is 0 Å². The van der Waals surface area contributed by atoms with E-state index in [0.717, 1.165) is 29.9 Å². The van der Waals surface area contributed by atoms with E-state index in [9.17, 15) is 9.90 Å². The second-order valence-corrected chi connectivity index (χ2v) is 4.59. The zero-order chi connectivity index (χ0) is 11.7. The number of rotatable bonds is 3. The minimum absolute atomic E-state index is 0.135. The average molecular weight is 222 g/mol. The molecule has 0 bridgehead atoms. The fourth-order valence-corrected chi connectivity index (χ4v) is 2.26. The molecule has 4 heteroatoms. The molecule has 4 nitrogen and oxygen atoms in total. The number of β-amino-alcohol motifs (C(OH)–C–C–N with tert-alkyl or cyclic N) is 1. The van der Waals surface area contributed by atoms with Crippen molar-refractivity contribution in [3.63, 3.8) is 0 Å². The van der Waals surface area contributed by atoms with Crippen LogP contribution in [0.4, 0.5) is 0 Å². The summed E-state index contributed by atoms with van der Waals surface area (Å²) >= 11 is 0. The molecule has 2 rings (SSSR count). The number of nitrogens with zero attached hydrogens (tertiary/aromatic N) is 1. The van der Waals surface area contributed by atoms with Crippen molar-refractivity contribution in [1.82, 2.24) is 9.88 Å². The number of nitrogens with one attached hydrogen (secondary N) is 1. The fraction of sp³-hybridized carbons (Fsp3) is 0.583. The Morgan fingerprint density at radius 1 is 1.62 bits per heavy atom. The number of aromatic amines is 1. The van der Waals surface area contributed by atoms with Gasteiger partial charge in [0.15, 0.2) is 5.78 Å². The number of aliphatic hydroxyl groups is 1. The molecule has 0 aliphatic carbocycles. The lowest BCUT2D eigenvalue weighted by Crippen LogP contribution is -2.28. The maximum atomic E-state index is 12.0. The number of aryl methyl sites for hydroxylation is 2. The van der Waals surface area contributed by atoms with Crippen molar-refractivity contribution in [2.75, 3.05) is 19.6 Å². The molecule has 1 aliphatic heterocycles. The maximum Gasteiger partial charge on any atom is 0.178 e. The van der Waals surface area contributed by atoms with Crippen LogP contribution >= 0.6 is 0 Å². The van der Waals surface area contributed by atoms with Gasteiger partial charge >= 0.3 is 0 Å². The molecule has 0 spiro atoms. The van der Waals surface area contributed by atoms with Gasteiger partial charge in [0.25, 0.3) is 0 Å². The molecule has 0 saturated carbocycles. The number of carbonyl (C=O) groups is 1. The van der Waals surface area contributed by atoms with Crippen molar-refractivity contribution < 1.29 is 9.90 Å². The van der Waals surface area contributed by atoms with Crippen LogP contribution in [-0.4, -0.2) is 46.5 Å². The van der Waals surface area contributed by atoms with Gasteiger partial charge in [0.2, 0.25) is 0 Å². The molecule has 1 atom stereocenters. The van der Waals surface area contributed by atoms with Gasteiger partial charge in [0.05, 0.1) is 12.6 Å². The molecule has 1 aliphatic rings. The molecule has 16 heavy (non-hydrogen) atoms. The number of aliphatic hydroxyl groups excluding tert-OH is 1. The van der Waals surface area contributed by atoms with Crippen LogP contribution < -0.4 is 0 Å². The molecule has 1 aromatic heterocycles. The first-order valence-corrected chi connectivity index (χ1v) is 5.66. The number of likely N-dealkylation sites (tertiary alicyclic amines) is 1. The normalized spacial score (nSPS) is 21.6. The molecular weight excluding hydrogens is 204 g/mol. The average Bonchev–Trinajstić information content (AvgIpc) is 2.73. The van der Waals surface area contributed by atoms with Crippen LogP contribution in [0.1, 0.15) is 28.2 Å². The van der Waals surface area contributed by atoms with Gasteiger partial charge in [-0.15, -0.1) is 0 Å². The van der Waals surface area contributed by atoms with Crippen LogP contribution in [0.2, 0.25) is 0 Å². The minimum Gasteiger partial charge on any atom is -0.392 e. The predicted molar refractivity (Wildman–Crippen MR) is 61.7 cm³/mol. The number of ketones is 1. The molecule has 1 unspecified atom stereocenters. The molecule has 0 amide bonds. The Hall–Kier alpha value is -1.13. The van der Waals surface area contributed by atoms with E-state index < -0.39 is 0 Å². The summed E-state index contributed by atoms with van der Waals surface area (Å²) in [5.41, 5.74) is 2.73. The third-order valence-electron chi connectivity index (χ3n) is 3.06. The summed E-state index contributed by atoms with van der Waals surface area (Å²) in [4.78, 5) is 17.1.